The van der Waals surface area contributed by atoms with Crippen molar-refractivity contribution in [1.82, 2.24) is 4.90 Å². The highest BCUT2D eigenvalue weighted by atomic mass is 19.2. The summed E-state index contributed by atoms with van der Waals surface area (Å²) in [5.41, 5.74) is 1.98. The molecule has 2 aromatic carbocycles. The molecule has 4 rings (SSSR count). The van der Waals surface area contributed by atoms with Gasteiger partial charge >= 0.3 is 6.03 Å². The molecule has 0 saturated carbocycles. The molecule has 0 aliphatic carbocycles. The number of nitrogens with one attached hydrogen (secondary N) is 1. The Morgan fingerprint density at radius 3 is 2.43 bits per heavy atom. The molecule has 1 N–H and O–H groups in total. The third-order valence-corrected chi connectivity index (χ3v) is 5.88. The lowest BCUT2D eigenvalue weighted by molar-refractivity contribution is -0.0922. The highest BCUT2D eigenvalue weighted by molar-refractivity contribution is 5.89. The quantitative estimate of drug-likeness (QED) is 0.816. The van der Waals surface area contributed by atoms with E-state index in [0.29, 0.717) is 44.0 Å². The van der Waals surface area contributed by atoms with Crippen molar-refractivity contribution in [2.75, 3.05) is 39.2 Å². The van der Waals surface area contributed by atoms with Gasteiger partial charge in [0.1, 0.15) is 0 Å². The molecule has 1 saturated heterocycles. The van der Waals surface area contributed by atoms with Gasteiger partial charge in [-0.25, -0.2) is 13.6 Å². The normalized spacial score (nSPS) is 17.4. The van der Waals surface area contributed by atoms with Crippen LogP contribution in [-0.4, -0.2) is 44.8 Å². The maximum atomic E-state index is 13.4. The number of ether oxygens (including phenoxy) is 3. The maximum Gasteiger partial charge on any atom is 0.321 e. The molecule has 2 aromatic rings. The second kappa shape index (κ2) is 8.10. The first kappa shape index (κ1) is 20.4. The van der Waals surface area contributed by atoms with Crippen molar-refractivity contribution in [3.63, 3.8) is 0 Å². The number of hydrogen-bond acceptors (Lipinski definition) is 4. The summed E-state index contributed by atoms with van der Waals surface area (Å²) in [7, 11) is 3.22. The number of halogens is 2. The number of carbonyl (C=O) groups is 1. The third-order valence-electron chi connectivity index (χ3n) is 5.88. The summed E-state index contributed by atoms with van der Waals surface area (Å²) in [6, 6.07) is 6.93. The number of likely N-dealkylation sites (tertiary alicyclic amines) is 1. The molecule has 6 nitrogen and oxygen atoms in total. The lowest BCUT2D eigenvalue weighted by atomic mass is 9.79. The second-order valence-electron chi connectivity index (χ2n) is 7.50. The van der Waals surface area contributed by atoms with Gasteiger partial charge < -0.3 is 24.4 Å². The molecule has 160 valence electrons. The van der Waals surface area contributed by atoms with Crippen LogP contribution in [0.1, 0.15) is 24.0 Å². The molecule has 0 unspecified atom stereocenters. The van der Waals surface area contributed by atoms with E-state index in [-0.39, 0.29) is 11.7 Å². The Morgan fingerprint density at radius 2 is 1.77 bits per heavy atom. The van der Waals surface area contributed by atoms with Gasteiger partial charge in [-0.2, -0.15) is 0 Å². The number of fused-ring (bicyclic) bond motifs is 2. The lowest BCUT2D eigenvalue weighted by Crippen LogP contribution is -2.49. The number of nitrogens with zero attached hydrogens (tertiary/aromatic N) is 1. The van der Waals surface area contributed by atoms with Crippen molar-refractivity contribution in [3.05, 3.63) is 53.1 Å². The average molecular weight is 418 g/mol. The molecule has 0 bridgehead atoms. The zero-order valence-electron chi connectivity index (χ0n) is 17.0. The van der Waals surface area contributed by atoms with Gasteiger partial charge in [-0.05, 0) is 54.7 Å². The highest BCUT2D eigenvalue weighted by Gasteiger charge is 2.42. The third kappa shape index (κ3) is 3.67. The van der Waals surface area contributed by atoms with Crippen molar-refractivity contribution >= 4 is 11.7 Å². The molecule has 0 radical (unpaired) electrons. The van der Waals surface area contributed by atoms with Crippen molar-refractivity contribution in [2.45, 2.75) is 24.9 Å². The topological polar surface area (TPSA) is 60.0 Å². The number of piperidine rings is 1. The van der Waals surface area contributed by atoms with Gasteiger partial charge in [0.2, 0.25) is 0 Å². The van der Waals surface area contributed by atoms with Crippen LogP contribution in [0.2, 0.25) is 0 Å². The maximum absolute atomic E-state index is 13.4. The van der Waals surface area contributed by atoms with E-state index in [0.717, 1.165) is 24.1 Å². The Bertz CT molecular complexity index is 958. The van der Waals surface area contributed by atoms with Gasteiger partial charge in [0.25, 0.3) is 0 Å². The minimum Gasteiger partial charge on any atom is -0.493 e. The number of carbonyl (C=O) groups excluding carboxylic acids is 1. The summed E-state index contributed by atoms with van der Waals surface area (Å²) in [5, 5.41) is 2.63. The SMILES string of the molecule is COc1cc2c(cc1OC)C1(CCN(C(=O)Nc3ccc(F)c(F)c3)CC1)OCC2. The molecule has 2 heterocycles. The van der Waals surface area contributed by atoms with E-state index in [1.165, 1.54) is 11.6 Å². The van der Waals surface area contributed by atoms with Crippen molar-refractivity contribution in [3.8, 4) is 11.5 Å². The van der Waals surface area contributed by atoms with Crippen LogP contribution in [-0.2, 0) is 16.8 Å². The fourth-order valence-electron chi connectivity index (χ4n) is 4.25. The summed E-state index contributed by atoms with van der Waals surface area (Å²) in [4.78, 5) is 14.2. The van der Waals surface area contributed by atoms with E-state index < -0.39 is 17.2 Å². The number of anilines is 1. The van der Waals surface area contributed by atoms with Crippen molar-refractivity contribution in [1.29, 1.82) is 0 Å². The fourth-order valence-corrected chi connectivity index (χ4v) is 4.25. The molecule has 0 aromatic heterocycles. The van der Waals surface area contributed by atoms with Crippen LogP contribution in [0.4, 0.5) is 19.3 Å². The van der Waals surface area contributed by atoms with E-state index in [2.05, 4.69) is 5.32 Å². The molecular formula is C22H24F2N2O4. The van der Waals surface area contributed by atoms with E-state index in [4.69, 9.17) is 14.2 Å². The van der Waals surface area contributed by atoms with E-state index in [9.17, 15) is 13.6 Å². The minimum atomic E-state index is -0.998. The van der Waals surface area contributed by atoms with Crippen molar-refractivity contribution < 1.29 is 27.8 Å². The summed E-state index contributed by atoms with van der Waals surface area (Å²) in [6.45, 7) is 1.55. The first-order valence-corrected chi connectivity index (χ1v) is 9.86. The van der Waals surface area contributed by atoms with E-state index >= 15 is 0 Å². The van der Waals surface area contributed by atoms with Crippen LogP contribution in [0, 0.1) is 11.6 Å². The van der Waals surface area contributed by atoms with Gasteiger partial charge in [-0.15, -0.1) is 0 Å². The molecule has 2 aliphatic heterocycles. The Kier molecular flexibility index (Phi) is 5.51. The van der Waals surface area contributed by atoms with Crippen LogP contribution in [0.5, 0.6) is 11.5 Å². The Labute approximate surface area is 173 Å². The predicted octanol–water partition coefficient (Wildman–Crippen LogP) is 4.08. The molecule has 2 amide bonds. The monoisotopic (exact) mass is 418 g/mol. The minimum absolute atomic E-state index is 0.218. The molecular weight excluding hydrogens is 394 g/mol. The van der Waals surface area contributed by atoms with Gasteiger partial charge in [0.05, 0.1) is 26.4 Å². The van der Waals surface area contributed by atoms with Crippen LogP contribution in [0.25, 0.3) is 0 Å². The van der Waals surface area contributed by atoms with Gasteiger partial charge in [-0.1, -0.05) is 0 Å². The second-order valence-corrected chi connectivity index (χ2v) is 7.50. The number of amides is 2. The lowest BCUT2D eigenvalue weighted by Gasteiger charge is -2.45. The molecule has 30 heavy (non-hydrogen) atoms. The fraction of sp³-hybridized carbons (Fsp3) is 0.409. The molecule has 0 atom stereocenters. The number of hydrogen-bond donors (Lipinski definition) is 1. The number of benzene rings is 2. The number of methoxy groups -OCH3 is 2. The number of rotatable bonds is 3. The standard InChI is InChI=1S/C22H24F2N2O4/c1-28-19-11-14-5-10-30-22(16(14)13-20(19)29-2)6-8-26(9-7-22)21(27)25-15-3-4-17(23)18(24)12-15/h3-4,11-13H,5-10H2,1-2H3,(H,25,27). The Morgan fingerprint density at radius 1 is 1.07 bits per heavy atom. The van der Waals surface area contributed by atoms with Gasteiger partial charge in [0, 0.05) is 24.8 Å². The van der Waals surface area contributed by atoms with Crippen LogP contribution in [0.15, 0.2) is 30.3 Å². The molecule has 1 spiro atoms. The zero-order valence-corrected chi connectivity index (χ0v) is 17.0. The highest BCUT2D eigenvalue weighted by Crippen LogP contribution is 2.45. The largest absolute Gasteiger partial charge is 0.493 e. The van der Waals surface area contributed by atoms with E-state index in [1.54, 1.807) is 19.1 Å². The smallest absolute Gasteiger partial charge is 0.321 e. The zero-order chi connectivity index (χ0) is 21.3. The summed E-state index contributed by atoms with van der Waals surface area (Å²) < 4.78 is 43.6. The predicted molar refractivity (Wildman–Crippen MR) is 107 cm³/mol. The molecule has 8 heteroatoms. The Balaban J connectivity index is 1.49. The first-order chi connectivity index (χ1) is 14.5. The van der Waals surface area contributed by atoms with E-state index in [1.807, 2.05) is 12.1 Å². The van der Waals surface area contributed by atoms with Crippen LogP contribution in [0.3, 0.4) is 0 Å². The van der Waals surface area contributed by atoms with Crippen LogP contribution >= 0.6 is 0 Å². The first-order valence-electron chi connectivity index (χ1n) is 9.86. The summed E-state index contributed by atoms with van der Waals surface area (Å²) in [6.07, 6.45) is 2.04. The summed E-state index contributed by atoms with van der Waals surface area (Å²) >= 11 is 0. The number of urea groups is 1. The Hall–Kier alpha value is -2.87. The van der Waals surface area contributed by atoms with Crippen LogP contribution < -0.4 is 14.8 Å². The van der Waals surface area contributed by atoms with Crippen molar-refractivity contribution in [2.24, 2.45) is 0 Å². The van der Waals surface area contributed by atoms with Gasteiger partial charge in [0.15, 0.2) is 23.1 Å². The van der Waals surface area contributed by atoms with Gasteiger partial charge in [-0.3, -0.25) is 0 Å². The average Bonchev–Trinajstić information content (AvgIpc) is 2.76. The molecule has 1 fully saturated rings. The summed E-state index contributed by atoms with van der Waals surface area (Å²) in [5.74, 6) is -0.605. The molecule has 2 aliphatic rings.